The molecule has 1 saturated heterocycles. The average Bonchev–Trinajstić information content (AvgIpc) is 2.86. The van der Waals surface area contributed by atoms with Crippen LogP contribution in [0.5, 0.6) is 0 Å². The molecule has 1 aliphatic heterocycles. The second kappa shape index (κ2) is 5.63. The average molecular weight is 241 g/mol. The van der Waals surface area contributed by atoms with Crippen molar-refractivity contribution < 1.29 is 0 Å². The Balaban J connectivity index is 1.88. The Hall–Kier alpha value is -0.620. The van der Waals surface area contributed by atoms with E-state index in [9.17, 15) is 0 Å². The van der Waals surface area contributed by atoms with Gasteiger partial charge in [-0.1, -0.05) is 6.92 Å². The van der Waals surface area contributed by atoms with Gasteiger partial charge in [0.1, 0.15) is 0 Å². The number of rotatable bonds is 5. The van der Waals surface area contributed by atoms with E-state index in [1.165, 1.54) is 22.7 Å². The molecule has 0 saturated carbocycles. The second-order valence-electron chi connectivity index (χ2n) is 4.26. The minimum absolute atomic E-state index is 0.619. The predicted molar refractivity (Wildman–Crippen MR) is 65.4 cm³/mol. The molecule has 1 aromatic heterocycles. The van der Waals surface area contributed by atoms with Gasteiger partial charge >= 0.3 is 0 Å². The van der Waals surface area contributed by atoms with Gasteiger partial charge in [0.25, 0.3) is 0 Å². The molecule has 0 spiro atoms. The van der Waals surface area contributed by atoms with E-state index in [0.29, 0.717) is 12.0 Å². The largest absolute Gasteiger partial charge is 0.313 e. The van der Waals surface area contributed by atoms with Gasteiger partial charge in [0, 0.05) is 18.2 Å². The summed E-state index contributed by atoms with van der Waals surface area (Å²) >= 11 is 2.02. The van der Waals surface area contributed by atoms with Crippen molar-refractivity contribution in [3.05, 3.63) is 5.82 Å². The number of aryl methyl sites for hydroxylation is 1. The zero-order valence-corrected chi connectivity index (χ0v) is 10.7. The van der Waals surface area contributed by atoms with Crippen LogP contribution in [0.15, 0.2) is 0 Å². The van der Waals surface area contributed by atoms with Crippen LogP contribution < -0.4 is 5.32 Å². The first-order valence-corrected chi connectivity index (χ1v) is 6.99. The number of thioether (sulfide) groups is 1. The van der Waals surface area contributed by atoms with Crippen LogP contribution in [0.2, 0.25) is 0 Å². The number of tetrazole rings is 1. The van der Waals surface area contributed by atoms with E-state index in [0.717, 1.165) is 18.8 Å². The summed E-state index contributed by atoms with van der Waals surface area (Å²) in [7, 11) is 1.81. The fourth-order valence-corrected chi connectivity index (χ4v) is 3.43. The summed E-state index contributed by atoms with van der Waals surface area (Å²) in [6, 6.07) is 0.619. The molecule has 0 bridgehead atoms. The first kappa shape index (κ1) is 11.9. The molecule has 2 atom stereocenters. The van der Waals surface area contributed by atoms with Gasteiger partial charge in [-0.05, 0) is 29.8 Å². The smallest absolute Gasteiger partial charge is 0.175 e. The van der Waals surface area contributed by atoms with Gasteiger partial charge in [0.05, 0.1) is 7.05 Å². The van der Waals surface area contributed by atoms with Gasteiger partial charge in [-0.2, -0.15) is 16.6 Å². The minimum atomic E-state index is 0.619. The van der Waals surface area contributed by atoms with Crippen molar-refractivity contribution in [2.75, 3.05) is 18.1 Å². The number of hydrogen-bond acceptors (Lipinski definition) is 5. The number of aromatic nitrogens is 4. The molecule has 1 aromatic rings. The molecular formula is C10H19N5S. The fourth-order valence-electron chi connectivity index (χ4n) is 1.99. The third-order valence-corrected chi connectivity index (χ3v) is 4.11. The minimum Gasteiger partial charge on any atom is -0.313 e. The van der Waals surface area contributed by atoms with Crippen LogP contribution in [0, 0.1) is 5.92 Å². The zero-order valence-electron chi connectivity index (χ0n) is 9.89. The SMILES string of the molecule is CCCNC1CSCC1Cc1nnn(C)n1. The lowest BCUT2D eigenvalue weighted by Crippen LogP contribution is -2.36. The number of nitrogens with one attached hydrogen (secondary N) is 1. The summed E-state index contributed by atoms with van der Waals surface area (Å²) in [5, 5.41) is 15.8. The van der Waals surface area contributed by atoms with Crippen LogP contribution in [0.1, 0.15) is 19.2 Å². The standard InChI is InChI=1S/C10H19N5S/c1-3-4-11-9-7-16-6-8(9)5-10-12-14-15(2)13-10/h8-9,11H,3-7H2,1-2H3. The molecule has 1 N–H and O–H groups in total. The van der Waals surface area contributed by atoms with Gasteiger partial charge in [-0.3, -0.25) is 0 Å². The van der Waals surface area contributed by atoms with E-state index < -0.39 is 0 Å². The molecular weight excluding hydrogens is 222 g/mol. The quantitative estimate of drug-likeness (QED) is 0.813. The number of nitrogens with zero attached hydrogens (tertiary/aromatic N) is 4. The van der Waals surface area contributed by atoms with E-state index in [2.05, 4.69) is 27.7 Å². The maximum atomic E-state index is 4.25. The molecule has 2 heterocycles. The number of hydrogen-bond donors (Lipinski definition) is 1. The van der Waals surface area contributed by atoms with Gasteiger partial charge < -0.3 is 5.32 Å². The lowest BCUT2D eigenvalue weighted by Gasteiger charge is -2.18. The maximum Gasteiger partial charge on any atom is 0.175 e. The van der Waals surface area contributed by atoms with E-state index in [-0.39, 0.29) is 0 Å². The molecule has 90 valence electrons. The van der Waals surface area contributed by atoms with Crippen LogP contribution in [0.4, 0.5) is 0 Å². The van der Waals surface area contributed by atoms with Crippen LogP contribution in [-0.2, 0) is 13.5 Å². The Labute approximate surface area is 100 Å². The molecule has 2 unspecified atom stereocenters. The molecule has 1 aliphatic rings. The molecule has 0 aliphatic carbocycles. The van der Waals surface area contributed by atoms with E-state index in [4.69, 9.17) is 0 Å². The van der Waals surface area contributed by atoms with Gasteiger partial charge in [0.2, 0.25) is 0 Å². The molecule has 0 amide bonds. The first-order chi connectivity index (χ1) is 7.79. The Kier molecular flexibility index (Phi) is 4.17. The van der Waals surface area contributed by atoms with Crippen LogP contribution >= 0.6 is 11.8 Å². The Morgan fingerprint density at radius 1 is 1.50 bits per heavy atom. The lowest BCUT2D eigenvalue weighted by molar-refractivity contribution is 0.418. The maximum absolute atomic E-state index is 4.25. The van der Waals surface area contributed by atoms with Crippen molar-refractivity contribution in [2.24, 2.45) is 13.0 Å². The Bertz CT molecular complexity index is 327. The normalized spacial score (nSPS) is 25.1. The molecule has 2 rings (SSSR count). The second-order valence-corrected chi connectivity index (χ2v) is 5.33. The third-order valence-electron chi connectivity index (χ3n) is 2.85. The van der Waals surface area contributed by atoms with E-state index in [1.54, 1.807) is 0 Å². The molecule has 6 heteroatoms. The Morgan fingerprint density at radius 2 is 2.38 bits per heavy atom. The molecule has 0 radical (unpaired) electrons. The van der Waals surface area contributed by atoms with Crippen molar-refractivity contribution in [1.29, 1.82) is 0 Å². The van der Waals surface area contributed by atoms with Crippen molar-refractivity contribution in [3.63, 3.8) is 0 Å². The van der Waals surface area contributed by atoms with Crippen molar-refractivity contribution in [2.45, 2.75) is 25.8 Å². The molecule has 5 nitrogen and oxygen atoms in total. The highest BCUT2D eigenvalue weighted by atomic mass is 32.2. The summed E-state index contributed by atoms with van der Waals surface area (Å²) in [4.78, 5) is 1.53. The topological polar surface area (TPSA) is 55.6 Å². The predicted octanol–water partition coefficient (Wildman–Crippen LogP) is 0.484. The molecule has 1 fully saturated rings. The third kappa shape index (κ3) is 2.95. The summed E-state index contributed by atoms with van der Waals surface area (Å²) in [5.74, 6) is 3.95. The lowest BCUT2D eigenvalue weighted by atomic mass is 9.99. The molecule has 0 aromatic carbocycles. The van der Waals surface area contributed by atoms with Crippen molar-refractivity contribution >= 4 is 11.8 Å². The van der Waals surface area contributed by atoms with Crippen molar-refractivity contribution in [3.8, 4) is 0 Å². The highest BCUT2D eigenvalue weighted by Crippen LogP contribution is 2.26. The molecule has 16 heavy (non-hydrogen) atoms. The van der Waals surface area contributed by atoms with Crippen LogP contribution in [-0.4, -0.2) is 44.3 Å². The summed E-state index contributed by atoms with van der Waals surface area (Å²) < 4.78 is 0. The Morgan fingerprint density at radius 3 is 3.06 bits per heavy atom. The van der Waals surface area contributed by atoms with Gasteiger partial charge in [0.15, 0.2) is 5.82 Å². The van der Waals surface area contributed by atoms with Gasteiger partial charge in [-0.15, -0.1) is 10.2 Å². The zero-order chi connectivity index (χ0) is 11.4. The first-order valence-electron chi connectivity index (χ1n) is 5.83. The summed E-state index contributed by atoms with van der Waals surface area (Å²) in [5.41, 5.74) is 0. The summed E-state index contributed by atoms with van der Waals surface area (Å²) in [6.45, 7) is 3.31. The van der Waals surface area contributed by atoms with E-state index in [1.807, 2.05) is 18.8 Å². The monoisotopic (exact) mass is 241 g/mol. The van der Waals surface area contributed by atoms with Crippen LogP contribution in [0.3, 0.4) is 0 Å². The van der Waals surface area contributed by atoms with E-state index >= 15 is 0 Å². The highest BCUT2D eigenvalue weighted by Gasteiger charge is 2.28. The van der Waals surface area contributed by atoms with Crippen LogP contribution in [0.25, 0.3) is 0 Å². The van der Waals surface area contributed by atoms with Crippen molar-refractivity contribution in [1.82, 2.24) is 25.5 Å². The highest BCUT2D eigenvalue weighted by molar-refractivity contribution is 7.99. The summed E-state index contributed by atoms with van der Waals surface area (Å²) in [6.07, 6.45) is 2.14. The van der Waals surface area contributed by atoms with Gasteiger partial charge in [-0.25, -0.2) is 0 Å². The fraction of sp³-hybridized carbons (Fsp3) is 0.900.